The van der Waals surface area contributed by atoms with Crippen LogP contribution in [0.1, 0.15) is 6.42 Å². The summed E-state index contributed by atoms with van der Waals surface area (Å²) >= 11 is 0. The zero-order valence-electron chi connectivity index (χ0n) is 7.65. The molecule has 0 heterocycles. The molecule has 68 valence electrons. The molecule has 1 aliphatic carbocycles. The predicted molar refractivity (Wildman–Crippen MR) is 52.2 cm³/mol. The molecule has 1 rings (SSSR count). The first-order valence-corrected chi connectivity index (χ1v) is 3.96. The Hall–Kier alpha value is -2.82. The fraction of sp³-hybridized carbons (Fsp3) is 0.0909. The molecule has 0 aromatic heterocycles. The van der Waals surface area contributed by atoms with Crippen molar-refractivity contribution < 1.29 is 0 Å². The molecule has 0 N–H and O–H groups in total. The van der Waals surface area contributed by atoms with Crippen LogP contribution in [0, 0.1) is 35.8 Å². The molecule has 0 saturated carbocycles. The fourth-order valence-corrected chi connectivity index (χ4v) is 1.19. The van der Waals surface area contributed by atoms with Gasteiger partial charge in [-0.15, -0.1) is 0 Å². The molecular formula is C11H4N4. The monoisotopic (exact) mass is 192 g/mol. The Morgan fingerprint density at radius 2 is 1.47 bits per heavy atom. The maximum absolute atomic E-state index is 8.63. The SMILES string of the molecule is [C-]#[N+]C(C#N)=C1C=CC(=C(C#N)[N+]#[C-])C1. The summed E-state index contributed by atoms with van der Waals surface area (Å²) in [7, 11) is 0. The Morgan fingerprint density at radius 1 is 1.07 bits per heavy atom. The second kappa shape index (κ2) is 4.43. The molecule has 0 spiro atoms. The molecule has 4 nitrogen and oxygen atoms in total. The number of nitriles is 2. The van der Waals surface area contributed by atoms with E-state index in [9.17, 15) is 0 Å². The molecule has 15 heavy (non-hydrogen) atoms. The number of allylic oxidation sites excluding steroid dienone is 6. The summed E-state index contributed by atoms with van der Waals surface area (Å²) in [6.45, 7) is 13.5. The van der Waals surface area contributed by atoms with Gasteiger partial charge in [0.15, 0.2) is 0 Å². The quantitative estimate of drug-likeness (QED) is 0.437. The smallest absolute Gasteiger partial charge is 0.226 e. The minimum absolute atomic E-state index is 0.0171. The van der Waals surface area contributed by atoms with Gasteiger partial charge in [-0.05, 0) is 17.6 Å². The Labute approximate surface area is 87.3 Å². The van der Waals surface area contributed by atoms with Gasteiger partial charge >= 0.3 is 0 Å². The van der Waals surface area contributed by atoms with Crippen molar-refractivity contribution in [1.29, 1.82) is 10.5 Å². The molecule has 1 aliphatic rings. The lowest BCUT2D eigenvalue weighted by molar-refractivity contribution is 1.23. The Morgan fingerprint density at radius 3 is 1.73 bits per heavy atom. The molecule has 0 radical (unpaired) electrons. The van der Waals surface area contributed by atoms with Crippen LogP contribution in [-0.4, -0.2) is 0 Å². The highest BCUT2D eigenvalue weighted by Gasteiger charge is 2.14. The molecule has 0 aromatic carbocycles. The first kappa shape index (κ1) is 10.3. The molecule has 4 heteroatoms. The van der Waals surface area contributed by atoms with Crippen molar-refractivity contribution in [2.45, 2.75) is 6.42 Å². The Balaban J connectivity index is 3.17. The summed E-state index contributed by atoms with van der Waals surface area (Å²) in [4.78, 5) is 6.14. The zero-order valence-corrected chi connectivity index (χ0v) is 7.65. The maximum atomic E-state index is 8.63. The van der Waals surface area contributed by atoms with Crippen LogP contribution in [0.5, 0.6) is 0 Å². The van der Waals surface area contributed by atoms with E-state index in [4.69, 9.17) is 23.7 Å². The van der Waals surface area contributed by atoms with Crippen LogP contribution in [0.4, 0.5) is 0 Å². The number of hydrogen-bond donors (Lipinski definition) is 0. The van der Waals surface area contributed by atoms with Gasteiger partial charge in [-0.1, -0.05) is 12.2 Å². The summed E-state index contributed by atoms with van der Waals surface area (Å²) in [5.41, 5.74) is 1.17. The number of rotatable bonds is 0. The lowest BCUT2D eigenvalue weighted by Gasteiger charge is -1.94. The van der Waals surface area contributed by atoms with E-state index >= 15 is 0 Å². The first-order chi connectivity index (χ1) is 7.26. The third kappa shape index (κ3) is 1.92. The van der Waals surface area contributed by atoms with Crippen LogP contribution in [0.25, 0.3) is 9.69 Å². The van der Waals surface area contributed by atoms with Gasteiger partial charge in [0, 0.05) is 0 Å². The van der Waals surface area contributed by atoms with Crippen LogP contribution in [0.15, 0.2) is 34.7 Å². The topological polar surface area (TPSA) is 56.3 Å². The van der Waals surface area contributed by atoms with Crippen LogP contribution in [-0.2, 0) is 0 Å². The van der Waals surface area contributed by atoms with Gasteiger partial charge in [-0.25, -0.2) is 20.2 Å². The van der Waals surface area contributed by atoms with Crippen LogP contribution >= 0.6 is 0 Å². The largest absolute Gasteiger partial charge is 0.265 e. The van der Waals surface area contributed by atoms with Crippen LogP contribution in [0.2, 0.25) is 0 Å². The van der Waals surface area contributed by atoms with E-state index in [1.807, 2.05) is 0 Å². The van der Waals surface area contributed by atoms with Gasteiger partial charge in [-0.2, -0.15) is 0 Å². The number of hydrogen-bond acceptors (Lipinski definition) is 2. The average molecular weight is 192 g/mol. The number of nitrogens with zero attached hydrogens (tertiary/aromatic N) is 4. The Bertz CT molecular complexity index is 465. The summed E-state index contributed by atoms with van der Waals surface area (Å²) in [6, 6.07) is 3.56. The first-order valence-electron chi connectivity index (χ1n) is 3.96. The zero-order chi connectivity index (χ0) is 11.3. The molecular weight excluding hydrogens is 188 g/mol. The minimum Gasteiger partial charge on any atom is -0.226 e. The normalized spacial score (nSPS) is 19.5. The van der Waals surface area contributed by atoms with Gasteiger partial charge in [0.1, 0.15) is 0 Å². The summed E-state index contributed by atoms with van der Waals surface area (Å²) in [5.74, 6) is 0. The molecule has 0 bridgehead atoms. The summed E-state index contributed by atoms with van der Waals surface area (Å²) < 4.78 is 0. The van der Waals surface area contributed by atoms with Crippen LogP contribution in [0.3, 0.4) is 0 Å². The lowest BCUT2D eigenvalue weighted by Crippen LogP contribution is -1.82. The molecule has 0 unspecified atom stereocenters. The van der Waals surface area contributed by atoms with Crippen molar-refractivity contribution in [3.05, 3.63) is 57.5 Å². The molecule has 0 amide bonds. The summed E-state index contributed by atoms with van der Waals surface area (Å²) in [6.07, 6.45) is 3.53. The highest BCUT2D eigenvalue weighted by molar-refractivity contribution is 5.53. The van der Waals surface area contributed by atoms with E-state index in [0.29, 0.717) is 17.6 Å². The molecule has 0 atom stereocenters. The van der Waals surface area contributed by atoms with Crippen molar-refractivity contribution in [1.82, 2.24) is 0 Å². The van der Waals surface area contributed by atoms with Gasteiger partial charge in [0.05, 0.1) is 25.3 Å². The van der Waals surface area contributed by atoms with Crippen molar-refractivity contribution in [3.8, 4) is 12.1 Å². The van der Waals surface area contributed by atoms with Crippen molar-refractivity contribution in [2.75, 3.05) is 0 Å². The second-order valence-corrected chi connectivity index (χ2v) is 2.71. The van der Waals surface area contributed by atoms with Gasteiger partial charge in [0.2, 0.25) is 0 Å². The van der Waals surface area contributed by atoms with Crippen molar-refractivity contribution in [2.24, 2.45) is 0 Å². The van der Waals surface area contributed by atoms with E-state index < -0.39 is 0 Å². The van der Waals surface area contributed by atoms with Gasteiger partial charge in [-0.3, -0.25) is 0 Å². The summed E-state index contributed by atoms with van der Waals surface area (Å²) in [5, 5.41) is 17.3. The standard InChI is InChI=1S/C11H4N4/c1-14-10(6-12)8-3-4-9(5-8)11(7-13)15-2/h3-4H,5H2. The third-order valence-electron chi connectivity index (χ3n) is 1.91. The highest BCUT2D eigenvalue weighted by Crippen LogP contribution is 2.27. The van der Waals surface area contributed by atoms with E-state index in [0.717, 1.165) is 0 Å². The van der Waals surface area contributed by atoms with E-state index in [1.54, 1.807) is 24.3 Å². The molecule has 0 aliphatic heterocycles. The minimum atomic E-state index is 0.0171. The van der Waals surface area contributed by atoms with Gasteiger partial charge in [0.25, 0.3) is 11.4 Å². The van der Waals surface area contributed by atoms with E-state index in [1.165, 1.54) is 0 Å². The van der Waals surface area contributed by atoms with E-state index in [-0.39, 0.29) is 11.4 Å². The predicted octanol–water partition coefficient (Wildman–Crippen LogP) is 2.34. The maximum Gasteiger partial charge on any atom is 0.265 e. The second-order valence-electron chi connectivity index (χ2n) is 2.71. The fourth-order valence-electron chi connectivity index (χ4n) is 1.19. The molecule has 0 saturated heterocycles. The highest BCUT2D eigenvalue weighted by atomic mass is 14.7. The van der Waals surface area contributed by atoms with Crippen molar-refractivity contribution >= 4 is 0 Å². The molecule has 0 fully saturated rings. The van der Waals surface area contributed by atoms with Crippen LogP contribution < -0.4 is 0 Å². The average Bonchev–Trinajstić information content (AvgIpc) is 2.71. The van der Waals surface area contributed by atoms with E-state index in [2.05, 4.69) is 9.69 Å². The third-order valence-corrected chi connectivity index (χ3v) is 1.91. The van der Waals surface area contributed by atoms with Crippen molar-refractivity contribution in [3.63, 3.8) is 0 Å². The molecule has 0 aromatic rings. The Kier molecular flexibility index (Phi) is 3.03. The van der Waals surface area contributed by atoms with Gasteiger partial charge < -0.3 is 0 Å². The lowest BCUT2D eigenvalue weighted by atomic mass is 10.1.